The Morgan fingerprint density at radius 2 is 2.06 bits per heavy atom. The van der Waals surface area contributed by atoms with Crippen LogP contribution in [0.25, 0.3) is 0 Å². The lowest BCUT2D eigenvalue weighted by molar-refractivity contribution is -0.118. The number of nitrogens with zero attached hydrogens (tertiary/aromatic N) is 1. The molecule has 0 atom stereocenters. The van der Waals surface area contributed by atoms with E-state index in [1.165, 1.54) is 11.1 Å². The number of hydrogen-bond acceptors (Lipinski definition) is 2. The molecule has 3 heteroatoms. The maximum atomic E-state index is 11.6. The molecule has 0 saturated carbocycles. The Labute approximate surface area is 109 Å². The molecule has 1 amide bonds. The van der Waals surface area contributed by atoms with Crippen LogP contribution in [0.4, 0.5) is 5.69 Å². The largest absolute Gasteiger partial charge is 0.330 e. The molecule has 1 aliphatic rings. The fraction of sp³-hybridized carbons (Fsp3) is 0.533. The maximum absolute atomic E-state index is 11.6. The van der Waals surface area contributed by atoms with E-state index in [-0.39, 0.29) is 11.3 Å². The molecule has 0 saturated heterocycles. The van der Waals surface area contributed by atoms with Gasteiger partial charge in [0.15, 0.2) is 0 Å². The number of benzene rings is 1. The third-order valence-electron chi connectivity index (χ3n) is 3.72. The fourth-order valence-electron chi connectivity index (χ4n) is 2.44. The second-order valence-corrected chi connectivity index (χ2v) is 5.96. The molecule has 0 spiro atoms. The van der Waals surface area contributed by atoms with Crippen LogP contribution in [0.2, 0.25) is 0 Å². The van der Waals surface area contributed by atoms with Crippen molar-refractivity contribution in [3.05, 3.63) is 29.3 Å². The summed E-state index contributed by atoms with van der Waals surface area (Å²) in [6, 6.07) is 6.41. The third-order valence-corrected chi connectivity index (χ3v) is 3.72. The lowest BCUT2D eigenvalue weighted by Gasteiger charge is -2.27. The molecule has 3 nitrogen and oxygen atoms in total. The van der Waals surface area contributed by atoms with Crippen LogP contribution in [-0.2, 0) is 17.6 Å². The third kappa shape index (κ3) is 2.56. The van der Waals surface area contributed by atoms with Crippen LogP contribution in [0.3, 0.4) is 0 Å². The minimum atomic E-state index is 0.130. The molecule has 1 aliphatic heterocycles. The molecule has 18 heavy (non-hydrogen) atoms. The summed E-state index contributed by atoms with van der Waals surface area (Å²) in [6.07, 6.45) is 2.46. The molecule has 0 bridgehead atoms. The Balaban J connectivity index is 2.26. The Bertz CT molecular complexity index is 466. The van der Waals surface area contributed by atoms with Crippen molar-refractivity contribution in [1.29, 1.82) is 0 Å². The number of aryl methyl sites for hydroxylation is 1. The molecule has 1 aromatic rings. The van der Waals surface area contributed by atoms with Gasteiger partial charge < -0.3 is 10.6 Å². The van der Waals surface area contributed by atoms with E-state index in [4.69, 9.17) is 5.73 Å². The molecular formula is C15H22N2O. The summed E-state index contributed by atoms with van der Waals surface area (Å²) in [7, 11) is 1.85. The molecule has 0 unspecified atom stereocenters. The van der Waals surface area contributed by atoms with Crippen molar-refractivity contribution in [2.45, 2.75) is 33.1 Å². The summed E-state index contributed by atoms with van der Waals surface area (Å²) in [4.78, 5) is 13.4. The van der Waals surface area contributed by atoms with Gasteiger partial charge in [-0.2, -0.15) is 0 Å². The Kier molecular flexibility index (Phi) is 3.44. The Morgan fingerprint density at radius 1 is 1.33 bits per heavy atom. The normalized spacial score (nSPS) is 15.8. The van der Waals surface area contributed by atoms with E-state index in [9.17, 15) is 4.79 Å². The molecule has 2 N–H and O–H groups in total. The topological polar surface area (TPSA) is 46.3 Å². The van der Waals surface area contributed by atoms with Crippen molar-refractivity contribution >= 4 is 11.6 Å². The van der Waals surface area contributed by atoms with Crippen LogP contribution in [0, 0.1) is 5.41 Å². The summed E-state index contributed by atoms with van der Waals surface area (Å²) in [5, 5.41) is 0. The second kappa shape index (κ2) is 4.73. The number of hydrogen-bond donors (Lipinski definition) is 1. The number of anilines is 1. The van der Waals surface area contributed by atoms with Crippen molar-refractivity contribution in [2.24, 2.45) is 11.1 Å². The molecule has 0 aromatic heterocycles. The predicted molar refractivity (Wildman–Crippen MR) is 74.7 cm³/mol. The van der Waals surface area contributed by atoms with Crippen LogP contribution in [0.1, 0.15) is 31.4 Å². The Morgan fingerprint density at radius 3 is 2.72 bits per heavy atom. The predicted octanol–water partition coefficient (Wildman–Crippen LogP) is 2.12. The molecule has 1 aromatic carbocycles. The van der Waals surface area contributed by atoms with Gasteiger partial charge >= 0.3 is 0 Å². The standard InChI is InChI=1S/C15H22N2O/c1-15(2,10-16)9-11-4-6-13-12(8-11)5-7-14(18)17(13)3/h4,6,8H,5,7,9-10,16H2,1-3H3. The summed E-state index contributed by atoms with van der Waals surface area (Å²) < 4.78 is 0. The monoisotopic (exact) mass is 246 g/mol. The molecule has 2 rings (SSSR count). The highest BCUT2D eigenvalue weighted by Gasteiger charge is 2.22. The summed E-state index contributed by atoms with van der Waals surface area (Å²) in [6.45, 7) is 5.05. The first-order valence-corrected chi connectivity index (χ1v) is 6.51. The average Bonchev–Trinajstić information content (AvgIpc) is 2.34. The maximum Gasteiger partial charge on any atom is 0.227 e. The minimum Gasteiger partial charge on any atom is -0.330 e. The van der Waals surface area contributed by atoms with Crippen molar-refractivity contribution in [1.82, 2.24) is 0 Å². The van der Waals surface area contributed by atoms with Gasteiger partial charge in [-0.1, -0.05) is 26.0 Å². The quantitative estimate of drug-likeness (QED) is 0.888. The van der Waals surface area contributed by atoms with Gasteiger partial charge in [0.2, 0.25) is 5.91 Å². The lowest BCUT2D eigenvalue weighted by atomic mass is 9.85. The van der Waals surface area contributed by atoms with E-state index in [1.807, 2.05) is 7.05 Å². The van der Waals surface area contributed by atoms with E-state index in [0.717, 1.165) is 18.5 Å². The second-order valence-electron chi connectivity index (χ2n) is 5.96. The van der Waals surface area contributed by atoms with Crippen LogP contribution in [0.15, 0.2) is 18.2 Å². The number of amides is 1. The summed E-state index contributed by atoms with van der Waals surface area (Å²) in [5.74, 6) is 0.206. The summed E-state index contributed by atoms with van der Waals surface area (Å²) in [5.41, 5.74) is 9.56. The number of rotatable bonds is 3. The SMILES string of the molecule is CN1C(=O)CCc2cc(CC(C)(C)CN)ccc21. The molecule has 1 heterocycles. The van der Waals surface area contributed by atoms with Gasteiger partial charge in [0.1, 0.15) is 0 Å². The highest BCUT2D eigenvalue weighted by Crippen LogP contribution is 2.29. The Hall–Kier alpha value is -1.35. The number of carbonyl (C=O) groups is 1. The first-order valence-electron chi connectivity index (χ1n) is 6.51. The number of nitrogens with two attached hydrogens (primary N) is 1. The van der Waals surface area contributed by atoms with Crippen LogP contribution < -0.4 is 10.6 Å². The average molecular weight is 246 g/mol. The minimum absolute atomic E-state index is 0.130. The molecule has 0 fully saturated rings. The number of carbonyl (C=O) groups excluding carboxylic acids is 1. The molecule has 0 aliphatic carbocycles. The molecular weight excluding hydrogens is 224 g/mol. The van der Waals surface area contributed by atoms with Gasteiger partial charge in [-0.3, -0.25) is 4.79 Å². The van der Waals surface area contributed by atoms with Crippen molar-refractivity contribution < 1.29 is 4.79 Å². The smallest absolute Gasteiger partial charge is 0.227 e. The molecule has 0 radical (unpaired) electrons. The van der Waals surface area contributed by atoms with E-state index < -0.39 is 0 Å². The highest BCUT2D eigenvalue weighted by molar-refractivity contribution is 5.95. The van der Waals surface area contributed by atoms with Crippen LogP contribution in [-0.4, -0.2) is 19.5 Å². The zero-order valence-electron chi connectivity index (χ0n) is 11.5. The first-order chi connectivity index (χ1) is 8.43. The van der Waals surface area contributed by atoms with E-state index in [0.29, 0.717) is 13.0 Å². The van der Waals surface area contributed by atoms with Crippen LogP contribution in [0.5, 0.6) is 0 Å². The van der Waals surface area contributed by atoms with Gasteiger partial charge in [0.05, 0.1) is 0 Å². The van der Waals surface area contributed by atoms with Gasteiger partial charge in [0, 0.05) is 19.2 Å². The van der Waals surface area contributed by atoms with Crippen molar-refractivity contribution in [3.63, 3.8) is 0 Å². The van der Waals surface area contributed by atoms with Gasteiger partial charge in [0.25, 0.3) is 0 Å². The van der Waals surface area contributed by atoms with Gasteiger partial charge in [-0.15, -0.1) is 0 Å². The van der Waals surface area contributed by atoms with Gasteiger partial charge in [-0.25, -0.2) is 0 Å². The van der Waals surface area contributed by atoms with E-state index in [1.54, 1.807) is 4.90 Å². The fourth-order valence-corrected chi connectivity index (χ4v) is 2.44. The van der Waals surface area contributed by atoms with Crippen molar-refractivity contribution in [2.75, 3.05) is 18.5 Å². The van der Waals surface area contributed by atoms with E-state index in [2.05, 4.69) is 32.0 Å². The van der Waals surface area contributed by atoms with E-state index >= 15 is 0 Å². The zero-order valence-corrected chi connectivity index (χ0v) is 11.5. The highest BCUT2D eigenvalue weighted by atomic mass is 16.2. The van der Waals surface area contributed by atoms with Crippen LogP contribution >= 0.6 is 0 Å². The molecule has 98 valence electrons. The zero-order chi connectivity index (χ0) is 13.3. The van der Waals surface area contributed by atoms with Gasteiger partial charge in [-0.05, 0) is 42.0 Å². The lowest BCUT2D eigenvalue weighted by Crippen LogP contribution is -2.31. The number of fused-ring (bicyclic) bond motifs is 1. The first kappa shape index (κ1) is 13.1. The summed E-state index contributed by atoms with van der Waals surface area (Å²) >= 11 is 0. The van der Waals surface area contributed by atoms with Crippen molar-refractivity contribution in [3.8, 4) is 0 Å².